The molecule has 0 amide bonds. The summed E-state index contributed by atoms with van der Waals surface area (Å²) in [7, 11) is 0. The Bertz CT molecular complexity index is 1520. The van der Waals surface area contributed by atoms with E-state index in [9.17, 15) is 35.9 Å². The maximum Gasteiger partial charge on any atom is 0.449 e. The Morgan fingerprint density at radius 2 is 1.04 bits per heavy atom. The molecule has 18 heteroatoms. The molecule has 12 atom stereocenters. The van der Waals surface area contributed by atoms with Crippen molar-refractivity contribution >= 4 is 11.9 Å². The summed E-state index contributed by atoms with van der Waals surface area (Å²) in [6, 6.07) is 0. The van der Waals surface area contributed by atoms with Crippen molar-refractivity contribution in [3.8, 4) is 0 Å². The lowest BCUT2D eigenvalue weighted by Gasteiger charge is -2.57. The number of allylic oxidation sites excluding steroid dienone is 2. The van der Waals surface area contributed by atoms with Crippen LogP contribution in [-0.4, -0.2) is 72.9 Å². The second-order valence-electron chi connectivity index (χ2n) is 16.8. The van der Waals surface area contributed by atoms with Crippen molar-refractivity contribution in [3.63, 3.8) is 0 Å². The molecule has 8 aliphatic heterocycles. The lowest BCUT2D eigenvalue weighted by Crippen LogP contribution is -2.67. The highest BCUT2D eigenvalue weighted by molar-refractivity contribution is 5.72. The summed E-state index contributed by atoms with van der Waals surface area (Å²) in [5.74, 6) is -9.07. The summed E-state index contributed by atoms with van der Waals surface area (Å²) in [5, 5.41) is 0. The molecule has 4 unspecified atom stereocenters. The van der Waals surface area contributed by atoms with E-state index in [1.807, 2.05) is 13.8 Å². The van der Waals surface area contributed by atoms with Crippen molar-refractivity contribution in [1.82, 2.24) is 0 Å². The zero-order valence-electron chi connectivity index (χ0n) is 31.0. The molecule has 4 bridgehead atoms. The highest BCUT2D eigenvalue weighted by Crippen LogP contribution is 2.63. The molecule has 0 aromatic heterocycles. The maximum atomic E-state index is 14.5. The van der Waals surface area contributed by atoms with E-state index >= 15 is 0 Å². The van der Waals surface area contributed by atoms with E-state index < -0.39 is 96.2 Å². The third-order valence-corrected chi connectivity index (χ3v) is 13.4. The second kappa shape index (κ2) is 13.5. The second-order valence-corrected chi connectivity index (χ2v) is 16.8. The van der Waals surface area contributed by atoms with E-state index in [-0.39, 0.29) is 66.9 Å². The average molecular weight is 797 g/mol. The number of hydrogen-bond acceptors (Lipinski definition) is 12. The van der Waals surface area contributed by atoms with Crippen molar-refractivity contribution in [2.75, 3.05) is 13.2 Å². The molecule has 308 valence electrons. The number of ether oxygens (including phenoxy) is 6. The molecule has 10 rings (SSSR count). The van der Waals surface area contributed by atoms with Gasteiger partial charge in [0.05, 0.1) is 0 Å². The fourth-order valence-electron chi connectivity index (χ4n) is 10.6. The van der Waals surface area contributed by atoms with Gasteiger partial charge < -0.3 is 28.4 Å². The Kier molecular flexibility index (Phi) is 9.60. The van der Waals surface area contributed by atoms with Crippen molar-refractivity contribution < 1.29 is 83.9 Å². The first-order chi connectivity index (χ1) is 25.8. The van der Waals surface area contributed by atoms with Gasteiger partial charge in [-0.1, -0.05) is 13.8 Å². The van der Waals surface area contributed by atoms with Crippen LogP contribution in [0.15, 0.2) is 22.7 Å². The first-order valence-corrected chi connectivity index (χ1v) is 19.1. The SMILES string of the molecule is C[C@@H]1CC[C@H]2C(COC(=O)CCCC(=O)OCC3=C(C(F)(F)F)O[C@@H]4OC5(C)CCC6[C@H](C)CC[C@@H]3[C@]64OO5)=C(C(F)(F)F)O[C@@H]3OC4(C)CCC1[C@]32OO4. The first kappa shape index (κ1) is 39.2. The van der Waals surface area contributed by atoms with Gasteiger partial charge in [0.25, 0.3) is 0 Å². The van der Waals surface area contributed by atoms with E-state index in [1.54, 1.807) is 13.8 Å². The number of halogens is 6. The largest absolute Gasteiger partial charge is 0.461 e. The highest BCUT2D eigenvalue weighted by Gasteiger charge is 2.72. The number of carbonyl (C=O) groups excluding carboxylic acids is 2. The third-order valence-electron chi connectivity index (χ3n) is 13.4. The summed E-state index contributed by atoms with van der Waals surface area (Å²) in [6.07, 6.45) is -9.86. The summed E-state index contributed by atoms with van der Waals surface area (Å²) in [6.45, 7) is 5.69. The quantitative estimate of drug-likeness (QED) is 0.138. The molecule has 0 aromatic carbocycles. The standard InChI is InChI=1S/C37H46F6O12/c1-18-8-10-24-20(28(36(38,39)40)48-30-34(24)22(18)12-14-32(3,50-30)52-54-34)16-46-26(44)6-5-7-27(45)47-17-21-25-11-9-19(2)23-13-15-33(4)51-31(35(23,25)55-53-33)49-29(21)37(41,42)43/h18-19,22-25,30-31H,5-17H2,1-4H3/t18-,19-,22?,23?,24+,25+,30-,31-,32?,33?,34-,35-/m1/s1. The topological polar surface area (TPSA) is 126 Å². The molecule has 12 nitrogen and oxygen atoms in total. The van der Waals surface area contributed by atoms with Crippen LogP contribution >= 0.6 is 0 Å². The Morgan fingerprint density at radius 3 is 1.42 bits per heavy atom. The summed E-state index contributed by atoms with van der Waals surface area (Å²) < 4.78 is 120. The van der Waals surface area contributed by atoms with Gasteiger partial charge in [-0.2, -0.15) is 26.3 Å². The highest BCUT2D eigenvalue weighted by atomic mass is 19.4. The van der Waals surface area contributed by atoms with E-state index in [0.29, 0.717) is 38.5 Å². The van der Waals surface area contributed by atoms with Gasteiger partial charge in [-0.15, -0.1) is 0 Å². The Balaban J connectivity index is 0.915. The number of esters is 2. The van der Waals surface area contributed by atoms with E-state index in [0.717, 1.165) is 0 Å². The smallest absolute Gasteiger partial charge is 0.449 e. The first-order valence-electron chi connectivity index (χ1n) is 19.1. The maximum absolute atomic E-state index is 14.5. The van der Waals surface area contributed by atoms with Crippen LogP contribution in [0.2, 0.25) is 0 Å². The zero-order valence-corrected chi connectivity index (χ0v) is 31.0. The normalized spacial score (nSPS) is 43.4. The number of hydrogen-bond donors (Lipinski definition) is 0. The van der Waals surface area contributed by atoms with Gasteiger partial charge >= 0.3 is 24.3 Å². The van der Waals surface area contributed by atoms with Gasteiger partial charge in [0.2, 0.25) is 35.7 Å². The molecule has 0 N–H and O–H groups in total. The summed E-state index contributed by atoms with van der Waals surface area (Å²) >= 11 is 0. The molecule has 0 aromatic rings. The number of rotatable bonds is 8. The van der Waals surface area contributed by atoms with Gasteiger partial charge in [-0.3, -0.25) is 9.59 Å². The monoisotopic (exact) mass is 796 g/mol. The molecule has 55 heavy (non-hydrogen) atoms. The van der Waals surface area contributed by atoms with Crippen LogP contribution in [0.5, 0.6) is 0 Å². The number of alkyl halides is 6. The zero-order chi connectivity index (χ0) is 39.3. The molecule has 6 saturated heterocycles. The number of fused-ring (bicyclic) bond motifs is 4. The van der Waals surface area contributed by atoms with Gasteiger partial charge in [0.15, 0.2) is 11.2 Å². The van der Waals surface area contributed by atoms with Gasteiger partial charge in [0, 0.05) is 60.5 Å². The molecule has 10 aliphatic rings. The minimum absolute atomic E-state index is 0.0691. The number of carbonyl (C=O) groups is 2. The van der Waals surface area contributed by atoms with Crippen LogP contribution in [0.4, 0.5) is 26.3 Å². The molecule has 2 saturated carbocycles. The van der Waals surface area contributed by atoms with Crippen molar-refractivity contribution in [2.45, 2.75) is 146 Å². The third kappa shape index (κ3) is 6.44. The molecule has 8 heterocycles. The van der Waals surface area contributed by atoms with Crippen LogP contribution in [0.25, 0.3) is 0 Å². The summed E-state index contributed by atoms with van der Waals surface area (Å²) in [4.78, 5) is 48.9. The average Bonchev–Trinajstić information content (AvgIpc) is 3.48. The van der Waals surface area contributed by atoms with Crippen molar-refractivity contribution in [1.29, 1.82) is 0 Å². The van der Waals surface area contributed by atoms with Crippen LogP contribution < -0.4 is 0 Å². The predicted octanol–water partition coefficient (Wildman–Crippen LogP) is 7.37. The van der Waals surface area contributed by atoms with Gasteiger partial charge in [-0.25, -0.2) is 19.6 Å². The van der Waals surface area contributed by atoms with Crippen LogP contribution in [0, 0.1) is 35.5 Å². The fraction of sp³-hybridized carbons (Fsp3) is 0.838. The molecular formula is C37H46F6O12. The fourth-order valence-corrected chi connectivity index (χ4v) is 10.6. The predicted molar refractivity (Wildman–Crippen MR) is 170 cm³/mol. The van der Waals surface area contributed by atoms with E-state index in [2.05, 4.69) is 0 Å². The van der Waals surface area contributed by atoms with Crippen molar-refractivity contribution in [3.05, 3.63) is 22.7 Å². The lowest BCUT2D eigenvalue weighted by atomic mass is 9.59. The Morgan fingerprint density at radius 1 is 0.636 bits per heavy atom. The molecular weight excluding hydrogens is 750 g/mol. The van der Waals surface area contributed by atoms with Gasteiger partial charge in [-0.05, 0) is 70.6 Å². The van der Waals surface area contributed by atoms with Crippen LogP contribution in [0.1, 0.15) is 98.3 Å². The van der Waals surface area contributed by atoms with Crippen LogP contribution in [-0.2, 0) is 57.6 Å². The molecule has 2 spiro atoms. The van der Waals surface area contributed by atoms with Crippen molar-refractivity contribution in [2.24, 2.45) is 35.5 Å². The van der Waals surface area contributed by atoms with E-state index in [1.165, 1.54) is 0 Å². The van der Waals surface area contributed by atoms with E-state index in [4.69, 9.17) is 48.0 Å². The van der Waals surface area contributed by atoms with Crippen LogP contribution in [0.3, 0.4) is 0 Å². The van der Waals surface area contributed by atoms with Gasteiger partial charge in [0.1, 0.15) is 13.2 Å². The lowest BCUT2D eigenvalue weighted by molar-refractivity contribution is -0.558. The summed E-state index contributed by atoms with van der Waals surface area (Å²) in [5.41, 5.74) is -3.33. The Hall–Kier alpha value is -2.64. The Labute approximate surface area is 313 Å². The minimum atomic E-state index is -4.93. The molecule has 2 aliphatic carbocycles. The molecule has 0 radical (unpaired) electrons. The molecule has 8 fully saturated rings. The minimum Gasteiger partial charge on any atom is -0.461 e.